The minimum atomic E-state index is -0.468. The summed E-state index contributed by atoms with van der Waals surface area (Å²) in [4.78, 5) is 25.6. The van der Waals surface area contributed by atoms with Crippen LogP contribution in [0.5, 0.6) is 0 Å². The molecule has 2 amide bonds. The number of carbonyl (C=O) groups excluding carboxylic acids is 2. The van der Waals surface area contributed by atoms with E-state index in [2.05, 4.69) is 22.5 Å². The van der Waals surface area contributed by atoms with Crippen molar-refractivity contribution in [2.75, 3.05) is 32.8 Å². The largest absolute Gasteiger partial charge is 0.379 e. The highest BCUT2D eigenvalue weighted by Crippen LogP contribution is 2.04. The third kappa shape index (κ3) is 5.46. The topological polar surface area (TPSA) is 70.7 Å². The number of hydrogen-bond donors (Lipinski definition) is 2. The third-order valence-corrected chi connectivity index (χ3v) is 3.55. The average molecular weight is 285 g/mol. The average Bonchev–Trinajstić information content (AvgIpc) is 2.42. The number of morpholine rings is 1. The first-order chi connectivity index (χ1) is 9.41. The minimum absolute atomic E-state index is 0.0672. The van der Waals surface area contributed by atoms with Gasteiger partial charge in [-0.1, -0.05) is 13.8 Å². The predicted octanol–water partition coefficient (Wildman–Crippen LogP) is -0.0160. The summed E-state index contributed by atoms with van der Waals surface area (Å²) in [6.07, 6.45) is 0. The zero-order valence-electron chi connectivity index (χ0n) is 12.9. The van der Waals surface area contributed by atoms with Gasteiger partial charge in [0.15, 0.2) is 0 Å². The summed E-state index contributed by atoms with van der Waals surface area (Å²) in [5.74, 6) is -0.229. The molecule has 0 aromatic carbocycles. The highest BCUT2D eigenvalue weighted by molar-refractivity contribution is 5.87. The molecule has 1 aliphatic rings. The van der Waals surface area contributed by atoms with Gasteiger partial charge in [-0.15, -0.1) is 0 Å². The Morgan fingerprint density at radius 2 is 1.80 bits per heavy atom. The van der Waals surface area contributed by atoms with Crippen molar-refractivity contribution in [1.82, 2.24) is 15.5 Å². The molecule has 0 aromatic rings. The van der Waals surface area contributed by atoms with Crippen LogP contribution < -0.4 is 10.6 Å². The van der Waals surface area contributed by atoms with Gasteiger partial charge in [0.25, 0.3) is 0 Å². The van der Waals surface area contributed by atoms with E-state index in [9.17, 15) is 9.59 Å². The van der Waals surface area contributed by atoms with Crippen molar-refractivity contribution >= 4 is 11.8 Å². The zero-order chi connectivity index (χ0) is 15.1. The molecule has 2 atom stereocenters. The lowest BCUT2D eigenvalue weighted by molar-refractivity contribution is -0.129. The fourth-order valence-corrected chi connectivity index (χ4v) is 2.26. The summed E-state index contributed by atoms with van der Waals surface area (Å²) in [5.41, 5.74) is 0. The van der Waals surface area contributed by atoms with Gasteiger partial charge in [0.2, 0.25) is 11.8 Å². The molecule has 0 aliphatic carbocycles. The van der Waals surface area contributed by atoms with Crippen molar-refractivity contribution in [3.05, 3.63) is 0 Å². The molecule has 1 rings (SSSR count). The van der Waals surface area contributed by atoms with Crippen molar-refractivity contribution in [2.24, 2.45) is 5.92 Å². The SMILES string of the molecule is CC(=O)NC(C(=O)NCC(C)N1CCOCC1)C(C)C. The molecular weight excluding hydrogens is 258 g/mol. The van der Waals surface area contributed by atoms with Crippen LogP contribution in [0.15, 0.2) is 0 Å². The Balaban J connectivity index is 2.41. The molecule has 6 heteroatoms. The van der Waals surface area contributed by atoms with Gasteiger partial charge in [-0.3, -0.25) is 14.5 Å². The molecule has 1 aliphatic heterocycles. The number of nitrogens with zero attached hydrogens (tertiary/aromatic N) is 1. The molecule has 1 fully saturated rings. The molecule has 2 unspecified atom stereocenters. The van der Waals surface area contributed by atoms with Gasteiger partial charge in [-0.2, -0.15) is 0 Å². The van der Waals surface area contributed by atoms with E-state index in [-0.39, 0.29) is 23.8 Å². The van der Waals surface area contributed by atoms with E-state index in [1.54, 1.807) is 0 Å². The smallest absolute Gasteiger partial charge is 0.242 e. The molecule has 1 heterocycles. The Bertz CT molecular complexity index is 328. The maximum absolute atomic E-state index is 12.1. The lowest BCUT2D eigenvalue weighted by Gasteiger charge is -2.32. The Labute approximate surface area is 121 Å². The Kier molecular flexibility index (Phi) is 6.95. The van der Waals surface area contributed by atoms with E-state index in [1.165, 1.54) is 6.92 Å². The molecule has 0 radical (unpaired) electrons. The second-order valence-corrected chi connectivity index (χ2v) is 5.66. The predicted molar refractivity (Wildman–Crippen MR) is 77.3 cm³/mol. The van der Waals surface area contributed by atoms with Crippen LogP contribution in [-0.4, -0.2) is 61.6 Å². The lowest BCUT2D eigenvalue weighted by Crippen LogP contribution is -2.53. The number of amides is 2. The fourth-order valence-electron chi connectivity index (χ4n) is 2.26. The van der Waals surface area contributed by atoms with Gasteiger partial charge in [0, 0.05) is 32.6 Å². The van der Waals surface area contributed by atoms with E-state index >= 15 is 0 Å². The van der Waals surface area contributed by atoms with Crippen molar-refractivity contribution < 1.29 is 14.3 Å². The normalized spacial score (nSPS) is 19.4. The molecule has 1 saturated heterocycles. The van der Waals surface area contributed by atoms with Crippen LogP contribution in [0.4, 0.5) is 0 Å². The van der Waals surface area contributed by atoms with E-state index in [1.807, 2.05) is 13.8 Å². The standard InChI is InChI=1S/C14H27N3O3/c1-10(2)13(16-12(4)18)14(19)15-9-11(3)17-5-7-20-8-6-17/h10-11,13H,5-9H2,1-4H3,(H,15,19)(H,16,18). The molecule has 0 bridgehead atoms. The zero-order valence-corrected chi connectivity index (χ0v) is 12.9. The van der Waals surface area contributed by atoms with Crippen molar-refractivity contribution in [3.63, 3.8) is 0 Å². The molecule has 2 N–H and O–H groups in total. The van der Waals surface area contributed by atoms with E-state index in [0.717, 1.165) is 26.3 Å². The maximum atomic E-state index is 12.1. The number of ether oxygens (including phenoxy) is 1. The quantitative estimate of drug-likeness (QED) is 0.720. The summed E-state index contributed by atoms with van der Waals surface area (Å²) < 4.78 is 5.31. The lowest BCUT2D eigenvalue weighted by atomic mass is 10.0. The number of hydrogen-bond acceptors (Lipinski definition) is 4. The van der Waals surface area contributed by atoms with Gasteiger partial charge in [0.05, 0.1) is 13.2 Å². The van der Waals surface area contributed by atoms with Gasteiger partial charge < -0.3 is 15.4 Å². The summed E-state index contributed by atoms with van der Waals surface area (Å²) >= 11 is 0. The first-order valence-corrected chi connectivity index (χ1v) is 7.28. The van der Waals surface area contributed by atoms with Crippen LogP contribution in [-0.2, 0) is 14.3 Å². The highest BCUT2D eigenvalue weighted by Gasteiger charge is 2.24. The second-order valence-electron chi connectivity index (χ2n) is 5.66. The number of carbonyl (C=O) groups is 2. The summed E-state index contributed by atoms with van der Waals surface area (Å²) in [5, 5.41) is 5.63. The van der Waals surface area contributed by atoms with Crippen LogP contribution in [0, 0.1) is 5.92 Å². The van der Waals surface area contributed by atoms with Gasteiger partial charge in [-0.25, -0.2) is 0 Å². The molecule has 116 valence electrons. The Hall–Kier alpha value is -1.14. The molecule has 0 aromatic heterocycles. The van der Waals surface area contributed by atoms with Crippen LogP contribution >= 0.6 is 0 Å². The first-order valence-electron chi connectivity index (χ1n) is 7.28. The number of nitrogens with one attached hydrogen (secondary N) is 2. The van der Waals surface area contributed by atoms with Crippen molar-refractivity contribution in [1.29, 1.82) is 0 Å². The number of rotatable bonds is 6. The molecule has 6 nitrogen and oxygen atoms in total. The van der Waals surface area contributed by atoms with E-state index in [4.69, 9.17) is 4.74 Å². The molecule has 20 heavy (non-hydrogen) atoms. The van der Waals surface area contributed by atoms with Crippen LogP contribution in [0.3, 0.4) is 0 Å². The minimum Gasteiger partial charge on any atom is -0.379 e. The molecule has 0 saturated carbocycles. The second kappa shape index (κ2) is 8.21. The van der Waals surface area contributed by atoms with Crippen molar-refractivity contribution in [3.8, 4) is 0 Å². The summed E-state index contributed by atoms with van der Waals surface area (Å²) in [6, 6.07) is -0.197. The van der Waals surface area contributed by atoms with Crippen LogP contribution in [0.1, 0.15) is 27.7 Å². The van der Waals surface area contributed by atoms with E-state index in [0.29, 0.717) is 6.54 Å². The Morgan fingerprint density at radius 3 is 2.30 bits per heavy atom. The third-order valence-electron chi connectivity index (χ3n) is 3.55. The first kappa shape index (κ1) is 16.9. The summed E-state index contributed by atoms with van der Waals surface area (Å²) in [6.45, 7) is 11.2. The van der Waals surface area contributed by atoms with Crippen LogP contribution in [0.25, 0.3) is 0 Å². The summed E-state index contributed by atoms with van der Waals surface area (Å²) in [7, 11) is 0. The van der Waals surface area contributed by atoms with E-state index < -0.39 is 6.04 Å². The monoisotopic (exact) mass is 285 g/mol. The van der Waals surface area contributed by atoms with Gasteiger partial charge >= 0.3 is 0 Å². The molecule has 0 spiro atoms. The molecular formula is C14H27N3O3. The van der Waals surface area contributed by atoms with Crippen LogP contribution in [0.2, 0.25) is 0 Å². The highest BCUT2D eigenvalue weighted by atomic mass is 16.5. The van der Waals surface area contributed by atoms with Gasteiger partial charge in [-0.05, 0) is 12.8 Å². The van der Waals surface area contributed by atoms with Gasteiger partial charge in [0.1, 0.15) is 6.04 Å². The fraction of sp³-hybridized carbons (Fsp3) is 0.857. The Morgan fingerprint density at radius 1 is 1.20 bits per heavy atom. The maximum Gasteiger partial charge on any atom is 0.242 e. The van der Waals surface area contributed by atoms with Crippen molar-refractivity contribution in [2.45, 2.75) is 39.8 Å².